The molecule has 1 unspecified atom stereocenters. The van der Waals surface area contributed by atoms with Crippen LogP contribution in [0.15, 0.2) is 0 Å². The Bertz CT molecular complexity index is 146. The van der Waals surface area contributed by atoms with E-state index in [0.29, 0.717) is 12.6 Å². The summed E-state index contributed by atoms with van der Waals surface area (Å²) in [4.78, 5) is 10.4. The molecule has 84 valence electrons. The lowest BCUT2D eigenvalue weighted by atomic mass is 10.1. The van der Waals surface area contributed by atoms with Gasteiger partial charge in [0.25, 0.3) is 0 Å². The van der Waals surface area contributed by atoms with Gasteiger partial charge < -0.3 is 10.5 Å². The molecule has 0 spiro atoms. The summed E-state index contributed by atoms with van der Waals surface area (Å²) in [7, 11) is 0. The average Bonchev–Trinajstić information content (AvgIpc) is 2.08. The van der Waals surface area contributed by atoms with Gasteiger partial charge in [-0.2, -0.15) is 0 Å². The van der Waals surface area contributed by atoms with Gasteiger partial charge in [0.15, 0.2) is 0 Å². The largest absolute Gasteiger partial charge is 0.466 e. The zero-order valence-electron chi connectivity index (χ0n) is 9.42. The minimum absolute atomic E-state index is 0.179. The van der Waals surface area contributed by atoms with Gasteiger partial charge in [-0.1, -0.05) is 25.7 Å². The van der Waals surface area contributed by atoms with Crippen LogP contribution in [-0.2, 0) is 9.53 Å². The number of unbranched alkanes of at least 4 members (excludes halogenated alkanes) is 4. The van der Waals surface area contributed by atoms with Crippen molar-refractivity contribution in [1.82, 2.24) is 0 Å². The van der Waals surface area contributed by atoms with Crippen LogP contribution in [0.5, 0.6) is 0 Å². The summed E-state index contributed by atoms with van der Waals surface area (Å²) in [6.45, 7) is 4.06. The molecule has 0 aromatic carbocycles. The van der Waals surface area contributed by atoms with E-state index in [-0.39, 0.29) is 5.97 Å². The van der Waals surface area contributed by atoms with Crippen molar-refractivity contribution in [2.45, 2.75) is 58.4 Å². The van der Waals surface area contributed by atoms with Crippen LogP contribution in [0.25, 0.3) is 0 Å². The Labute approximate surface area is 87.0 Å². The zero-order valence-corrected chi connectivity index (χ0v) is 9.42. The Balaban J connectivity index is 2.96. The average molecular weight is 201 g/mol. The van der Waals surface area contributed by atoms with Crippen LogP contribution in [0, 0.1) is 0 Å². The standard InChI is InChI=1S/C11H23NO2/c1-10(12)8-6-4-3-5-7-9-14-11(2)13/h10H,3-9,12H2,1-2H3. The van der Waals surface area contributed by atoms with E-state index >= 15 is 0 Å². The molecule has 14 heavy (non-hydrogen) atoms. The molecule has 3 nitrogen and oxygen atoms in total. The molecule has 0 bridgehead atoms. The number of nitrogens with two attached hydrogens (primary N) is 1. The normalized spacial score (nSPS) is 12.5. The highest BCUT2D eigenvalue weighted by molar-refractivity contribution is 5.65. The number of carbonyl (C=O) groups is 1. The van der Waals surface area contributed by atoms with Gasteiger partial charge in [-0.3, -0.25) is 4.79 Å². The van der Waals surface area contributed by atoms with Crippen LogP contribution in [0.3, 0.4) is 0 Å². The Morgan fingerprint density at radius 3 is 2.36 bits per heavy atom. The van der Waals surface area contributed by atoms with Crippen LogP contribution < -0.4 is 5.73 Å². The van der Waals surface area contributed by atoms with Gasteiger partial charge >= 0.3 is 5.97 Å². The molecule has 3 heteroatoms. The fraction of sp³-hybridized carbons (Fsp3) is 0.909. The highest BCUT2D eigenvalue weighted by atomic mass is 16.5. The summed E-state index contributed by atoms with van der Waals surface area (Å²) in [6.07, 6.45) is 6.91. The second-order valence-electron chi connectivity index (χ2n) is 3.87. The van der Waals surface area contributed by atoms with Gasteiger partial charge in [0.2, 0.25) is 0 Å². The maximum atomic E-state index is 10.4. The van der Waals surface area contributed by atoms with Gasteiger partial charge in [0.05, 0.1) is 6.61 Å². The molecule has 0 saturated heterocycles. The Kier molecular flexibility index (Phi) is 8.64. The van der Waals surface area contributed by atoms with Crippen LogP contribution in [0.2, 0.25) is 0 Å². The van der Waals surface area contributed by atoms with Crippen LogP contribution in [0.4, 0.5) is 0 Å². The van der Waals surface area contributed by atoms with Crippen molar-refractivity contribution in [3.8, 4) is 0 Å². The van der Waals surface area contributed by atoms with Crippen molar-refractivity contribution in [3.63, 3.8) is 0 Å². The number of hydrogen-bond acceptors (Lipinski definition) is 3. The summed E-state index contributed by atoms with van der Waals surface area (Å²) < 4.78 is 4.83. The first-order chi connectivity index (χ1) is 6.63. The topological polar surface area (TPSA) is 52.3 Å². The lowest BCUT2D eigenvalue weighted by Gasteiger charge is -2.04. The lowest BCUT2D eigenvalue weighted by Crippen LogP contribution is -2.13. The van der Waals surface area contributed by atoms with Gasteiger partial charge in [-0.15, -0.1) is 0 Å². The minimum Gasteiger partial charge on any atom is -0.466 e. The molecule has 0 heterocycles. The van der Waals surface area contributed by atoms with E-state index in [4.69, 9.17) is 10.5 Å². The highest BCUT2D eigenvalue weighted by Crippen LogP contribution is 2.06. The molecule has 0 aromatic heterocycles. The van der Waals surface area contributed by atoms with Crippen molar-refractivity contribution in [1.29, 1.82) is 0 Å². The van der Waals surface area contributed by atoms with Gasteiger partial charge in [0, 0.05) is 13.0 Å². The SMILES string of the molecule is CC(=O)OCCCCCCCC(C)N. The Morgan fingerprint density at radius 2 is 1.79 bits per heavy atom. The van der Waals surface area contributed by atoms with Crippen molar-refractivity contribution in [2.75, 3.05) is 6.61 Å². The molecule has 0 fully saturated rings. The minimum atomic E-state index is -0.179. The number of rotatable bonds is 8. The van der Waals surface area contributed by atoms with E-state index in [1.807, 2.05) is 6.92 Å². The first kappa shape index (κ1) is 13.4. The van der Waals surface area contributed by atoms with E-state index in [2.05, 4.69) is 0 Å². The number of carbonyl (C=O) groups excluding carboxylic acids is 1. The van der Waals surface area contributed by atoms with Crippen molar-refractivity contribution < 1.29 is 9.53 Å². The first-order valence-corrected chi connectivity index (χ1v) is 5.52. The maximum Gasteiger partial charge on any atom is 0.302 e. The smallest absolute Gasteiger partial charge is 0.302 e. The molecule has 0 aliphatic rings. The molecule has 0 aliphatic carbocycles. The number of esters is 1. The van der Waals surface area contributed by atoms with E-state index in [0.717, 1.165) is 19.3 Å². The van der Waals surface area contributed by atoms with Crippen LogP contribution >= 0.6 is 0 Å². The molecule has 2 N–H and O–H groups in total. The predicted molar refractivity (Wildman–Crippen MR) is 58.0 cm³/mol. The maximum absolute atomic E-state index is 10.4. The molecule has 0 aliphatic heterocycles. The van der Waals surface area contributed by atoms with Crippen LogP contribution in [0.1, 0.15) is 52.4 Å². The fourth-order valence-electron chi connectivity index (χ4n) is 1.31. The molecule has 0 aromatic rings. The molecule has 0 rings (SSSR count). The third-order valence-electron chi connectivity index (χ3n) is 2.11. The van der Waals surface area contributed by atoms with Crippen LogP contribution in [-0.4, -0.2) is 18.6 Å². The van der Waals surface area contributed by atoms with Crippen molar-refractivity contribution in [3.05, 3.63) is 0 Å². The van der Waals surface area contributed by atoms with E-state index < -0.39 is 0 Å². The number of ether oxygens (including phenoxy) is 1. The third kappa shape index (κ3) is 11.4. The van der Waals surface area contributed by atoms with E-state index in [9.17, 15) is 4.79 Å². The summed E-state index contributed by atoms with van der Waals surface area (Å²) in [5.74, 6) is -0.179. The lowest BCUT2D eigenvalue weighted by molar-refractivity contribution is -0.141. The van der Waals surface area contributed by atoms with Crippen molar-refractivity contribution in [2.24, 2.45) is 5.73 Å². The Morgan fingerprint density at radius 1 is 1.21 bits per heavy atom. The first-order valence-electron chi connectivity index (χ1n) is 5.52. The predicted octanol–water partition coefficient (Wildman–Crippen LogP) is 2.24. The number of hydrogen-bond donors (Lipinski definition) is 1. The Hall–Kier alpha value is -0.570. The summed E-state index contributed by atoms with van der Waals surface area (Å²) in [5.41, 5.74) is 5.63. The van der Waals surface area contributed by atoms with E-state index in [1.54, 1.807) is 0 Å². The van der Waals surface area contributed by atoms with Gasteiger partial charge in [0.1, 0.15) is 0 Å². The fourth-order valence-corrected chi connectivity index (χ4v) is 1.31. The second-order valence-corrected chi connectivity index (χ2v) is 3.87. The monoisotopic (exact) mass is 201 g/mol. The summed E-state index contributed by atoms with van der Waals surface area (Å²) in [5, 5.41) is 0. The summed E-state index contributed by atoms with van der Waals surface area (Å²) in [6, 6.07) is 0.330. The molecule has 0 saturated carbocycles. The van der Waals surface area contributed by atoms with Gasteiger partial charge in [-0.25, -0.2) is 0 Å². The molecule has 0 amide bonds. The quantitative estimate of drug-likeness (QED) is 0.484. The highest BCUT2D eigenvalue weighted by Gasteiger charge is 1.95. The van der Waals surface area contributed by atoms with Crippen molar-refractivity contribution >= 4 is 5.97 Å². The summed E-state index contributed by atoms with van der Waals surface area (Å²) >= 11 is 0. The third-order valence-corrected chi connectivity index (χ3v) is 2.11. The molecule has 1 atom stereocenters. The molecular weight excluding hydrogens is 178 g/mol. The molecule has 0 radical (unpaired) electrons. The van der Waals surface area contributed by atoms with E-state index in [1.165, 1.54) is 26.2 Å². The zero-order chi connectivity index (χ0) is 10.8. The van der Waals surface area contributed by atoms with Gasteiger partial charge in [-0.05, 0) is 19.8 Å². The molecular formula is C11H23NO2. The second kappa shape index (κ2) is 9.00.